The Hall–Kier alpha value is -3.07. The molecule has 1 N–H and O–H groups in total. The molecule has 9 heteroatoms. The highest BCUT2D eigenvalue weighted by atomic mass is 16.7. The van der Waals surface area contributed by atoms with Gasteiger partial charge in [0, 0.05) is 25.7 Å². The number of urea groups is 1. The van der Waals surface area contributed by atoms with Gasteiger partial charge in [-0.1, -0.05) is 36.4 Å². The number of hydrogen-bond donors (Lipinski definition) is 1. The van der Waals surface area contributed by atoms with Crippen molar-refractivity contribution in [3.05, 3.63) is 48.6 Å². The monoisotopic (exact) mass is 524 g/mol. The van der Waals surface area contributed by atoms with Crippen LogP contribution in [0.3, 0.4) is 0 Å². The zero-order chi connectivity index (χ0) is 26.9. The van der Waals surface area contributed by atoms with E-state index < -0.39 is 11.6 Å². The van der Waals surface area contributed by atoms with Gasteiger partial charge in [0.25, 0.3) is 0 Å². The van der Waals surface area contributed by atoms with Crippen LogP contribution in [0.1, 0.15) is 64.4 Å². The first-order valence-electron chi connectivity index (χ1n) is 13.9. The number of piperidine rings is 2. The average Bonchev–Trinajstić information content (AvgIpc) is 3.63. The SMILES string of the molecule is C=CC1(CC(C)(C)OC(=O)N2CCC(NC(=O)[C@@H]3CC[C@@H]4CN3C(=O)N4OCc3ccccc3)CC2)CC1. The highest BCUT2D eigenvalue weighted by Gasteiger charge is 2.48. The molecule has 5 rings (SSSR count). The molecule has 1 saturated carbocycles. The Morgan fingerprint density at radius 3 is 2.50 bits per heavy atom. The summed E-state index contributed by atoms with van der Waals surface area (Å²) in [6, 6.07) is 8.94. The topological polar surface area (TPSA) is 91.4 Å². The maximum atomic E-state index is 13.2. The van der Waals surface area contributed by atoms with E-state index in [9.17, 15) is 14.4 Å². The van der Waals surface area contributed by atoms with E-state index >= 15 is 0 Å². The van der Waals surface area contributed by atoms with Crippen LogP contribution in [0.5, 0.6) is 0 Å². The van der Waals surface area contributed by atoms with Gasteiger partial charge in [0.15, 0.2) is 0 Å². The van der Waals surface area contributed by atoms with Crippen LogP contribution in [0.4, 0.5) is 9.59 Å². The lowest BCUT2D eigenvalue weighted by Gasteiger charge is -2.36. The summed E-state index contributed by atoms with van der Waals surface area (Å²) in [6.45, 7) is 9.74. The van der Waals surface area contributed by atoms with Gasteiger partial charge in [-0.15, -0.1) is 6.58 Å². The number of hydroxylamine groups is 2. The molecular weight excluding hydrogens is 484 g/mol. The maximum absolute atomic E-state index is 13.2. The smallest absolute Gasteiger partial charge is 0.410 e. The van der Waals surface area contributed by atoms with Gasteiger partial charge in [-0.2, -0.15) is 5.06 Å². The van der Waals surface area contributed by atoms with Crippen LogP contribution >= 0.6 is 0 Å². The van der Waals surface area contributed by atoms with Crippen molar-refractivity contribution in [2.45, 2.75) is 89.1 Å². The highest BCUT2D eigenvalue weighted by molar-refractivity contribution is 5.88. The largest absolute Gasteiger partial charge is 0.443 e. The number of hydrogen-bond acceptors (Lipinski definition) is 5. The summed E-state index contributed by atoms with van der Waals surface area (Å²) in [5.41, 5.74) is 0.558. The van der Waals surface area contributed by atoms with Gasteiger partial charge in [-0.3, -0.25) is 9.63 Å². The molecule has 0 unspecified atom stereocenters. The van der Waals surface area contributed by atoms with Crippen LogP contribution in [-0.4, -0.2) is 76.3 Å². The number of carbonyl (C=O) groups excluding carboxylic acids is 3. The summed E-state index contributed by atoms with van der Waals surface area (Å²) in [5, 5.41) is 4.59. The average molecular weight is 525 g/mol. The van der Waals surface area contributed by atoms with E-state index in [2.05, 4.69) is 11.9 Å². The van der Waals surface area contributed by atoms with Crippen molar-refractivity contribution in [1.82, 2.24) is 20.2 Å². The zero-order valence-corrected chi connectivity index (χ0v) is 22.6. The number of rotatable bonds is 9. The molecule has 4 amide bonds. The van der Waals surface area contributed by atoms with E-state index in [4.69, 9.17) is 9.57 Å². The van der Waals surface area contributed by atoms with Crippen LogP contribution in [0.25, 0.3) is 0 Å². The first-order valence-corrected chi connectivity index (χ1v) is 13.9. The Labute approximate surface area is 225 Å². The van der Waals surface area contributed by atoms with Gasteiger partial charge >= 0.3 is 12.1 Å². The number of ether oxygens (including phenoxy) is 1. The number of benzene rings is 1. The lowest BCUT2D eigenvalue weighted by Crippen LogP contribution is -2.54. The van der Waals surface area contributed by atoms with Gasteiger partial charge < -0.3 is 19.9 Å². The molecular formula is C29H40N4O5. The molecule has 206 valence electrons. The fourth-order valence-corrected chi connectivity index (χ4v) is 6.09. The zero-order valence-electron chi connectivity index (χ0n) is 22.6. The van der Waals surface area contributed by atoms with Crippen molar-refractivity contribution in [3.63, 3.8) is 0 Å². The first kappa shape index (κ1) is 26.5. The van der Waals surface area contributed by atoms with Gasteiger partial charge in [-0.05, 0) is 69.8 Å². The Morgan fingerprint density at radius 1 is 1.13 bits per heavy atom. The van der Waals surface area contributed by atoms with Crippen molar-refractivity contribution in [1.29, 1.82) is 0 Å². The number of amides is 4. The standard InChI is InChI=1S/C29H40N4O5/c1-4-29(14-15-29)20-28(2,3)38-27(36)31-16-12-22(13-17-31)30-25(34)24-11-10-23-18-32(24)26(35)33(23)37-19-21-8-6-5-7-9-21/h4-9,22-24H,1,10-20H2,2-3H3,(H,30,34)/t23-,24+/m1/s1. The third-order valence-electron chi connectivity index (χ3n) is 8.40. The van der Waals surface area contributed by atoms with E-state index in [1.165, 1.54) is 5.06 Å². The maximum Gasteiger partial charge on any atom is 0.410 e. The van der Waals surface area contributed by atoms with Crippen LogP contribution in [0.2, 0.25) is 0 Å². The molecule has 1 aliphatic carbocycles. The lowest BCUT2D eigenvalue weighted by molar-refractivity contribution is -0.140. The Bertz CT molecular complexity index is 1050. The van der Waals surface area contributed by atoms with Crippen molar-refractivity contribution < 1.29 is 24.0 Å². The lowest BCUT2D eigenvalue weighted by atomic mass is 9.91. The quantitative estimate of drug-likeness (QED) is 0.488. The Morgan fingerprint density at radius 2 is 1.84 bits per heavy atom. The van der Waals surface area contributed by atoms with Gasteiger partial charge in [0.2, 0.25) is 5.91 Å². The molecule has 38 heavy (non-hydrogen) atoms. The molecule has 0 aromatic heterocycles. The van der Waals surface area contributed by atoms with Crippen LogP contribution in [-0.2, 0) is 21.0 Å². The molecule has 0 spiro atoms. The van der Waals surface area contributed by atoms with Crippen LogP contribution in [0.15, 0.2) is 43.0 Å². The summed E-state index contributed by atoms with van der Waals surface area (Å²) in [6.07, 6.45) is 7.35. The molecule has 4 fully saturated rings. The number of carbonyl (C=O) groups is 3. The first-order chi connectivity index (χ1) is 18.2. The van der Waals surface area contributed by atoms with Crippen molar-refractivity contribution >= 4 is 18.0 Å². The fraction of sp³-hybridized carbons (Fsp3) is 0.621. The van der Waals surface area contributed by atoms with Crippen LogP contribution in [0, 0.1) is 5.41 Å². The van der Waals surface area contributed by atoms with Crippen LogP contribution < -0.4 is 5.32 Å². The number of nitrogens with one attached hydrogen (secondary N) is 1. The van der Waals surface area contributed by atoms with Crippen molar-refractivity contribution in [3.8, 4) is 0 Å². The summed E-state index contributed by atoms with van der Waals surface area (Å²) in [5.74, 6) is -0.122. The fourth-order valence-electron chi connectivity index (χ4n) is 6.09. The predicted molar refractivity (Wildman–Crippen MR) is 142 cm³/mol. The minimum atomic E-state index is -0.549. The molecule has 9 nitrogen and oxygen atoms in total. The Balaban J connectivity index is 1.07. The predicted octanol–water partition coefficient (Wildman–Crippen LogP) is 4.24. The number of allylic oxidation sites excluding steroid dienone is 1. The van der Waals surface area contributed by atoms with Gasteiger partial charge in [-0.25, -0.2) is 9.59 Å². The molecule has 2 atom stereocenters. The second kappa shape index (κ2) is 10.6. The van der Waals surface area contributed by atoms with E-state index in [1.807, 2.05) is 50.3 Å². The third-order valence-corrected chi connectivity index (χ3v) is 8.40. The molecule has 0 radical (unpaired) electrons. The summed E-state index contributed by atoms with van der Waals surface area (Å²) in [7, 11) is 0. The minimum absolute atomic E-state index is 0.0316. The summed E-state index contributed by atoms with van der Waals surface area (Å²) >= 11 is 0. The second-order valence-electron chi connectivity index (χ2n) is 11.9. The van der Waals surface area contributed by atoms with Gasteiger partial charge in [0.1, 0.15) is 18.2 Å². The minimum Gasteiger partial charge on any atom is -0.443 e. The molecule has 3 heterocycles. The molecule has 1 aromatic rings. The molecule has 3 saturated heterocycles. The Kier molecular flexibility index (Phi) is 7.40. The molecule has 3 aliphatic heterocycles. The second-order valence-corrected chi connectivity index (χ2v) is 11.9. The highest BCUT2D eigenvalue weighted by Crippen LogP contribution is 2.53. The van der Waals surface area contributed by atoms with E-state index in [0.29, 0.717) is 45.5 Å². The van der Waals surface area contributed by atoms with Gasteiger partial charge in [0.05, 0.1) is 6.04 Å². The van der Waals surface area contributed by atoms with E-state index in [1.54, 1.807) is 9.80 Å². The molecule has 4 aliphatic rings. The van der Waals surface area contributed by atoms with Crippen molar-refractivity contribution in [2.24, 2.45) is 5.41 Å². The number of fused-ring (bicyclic) bond motifs is 2. The number of likely N-dealkylation sites (tertiary alicyclic amines) is 1. The van der Waals surface area contributed by atoms with E-state index in [0.717, 1.165) is 31.2 Å². The molecule has 1 aromatic carbocycles. The normalized spacial score (nSPS) is 24.8. The molecule has 2 bridgehead atoms. The number of nitrogens with zero attached hydrogens (tertiary/aromatic N) is 3. The summed E-state index contributed by atoms with van der Waals surface area (Å²) in [4.78, 5) is 48.3. The summed E-state index contributed by atoms with van der Waals surface area (Å²) < 4.78 is 5.86. The van der Waals surface area contributed by atoms with Crippen molar-refractivity contribution in [2.75, 3.05) is 19.6 Å². The van der Waals surface area contributed by atoms with E-state index in [-0.39, 0.29) is 35.5 Å². The third kappa shape index (κ3) is 5.82.